The Labute approximate surface area is 305 Å². The van der Waals surface area contributed by atoms with E-state index in [4.69, 9.17) is 9.47 Å². The van der Waals surface area contributed by atoms with Crippen LogP contribution in [0, 0.1) is 23.2 Å². The molecule has 4 atom stereocenters. The number of benzene rings is 3. The number of aliphatic hydroxyl groups excluding tert-OH is 2. The molecule has 3 aromatic rings. The zero-order valence-electron chi connectivity index (χ0n) is 30.0. The summed E-state index contributed by atoms with van der Waals surface area (Å²) in [4.78, 5) is 0. The normalized spacial score (nSPS) is 25.0. The van der Waals surface area contributed by atoms with Crippen LogP contribution in [0.1, 0.15) is 62.8 Å². The second kappa shape index (κ2) is 12.9. The van der Waals surface area contributed by atoms with Gasteiger partial charge in [0.2, 0.25) is 0 Å². The highest BCUT2D eigenvalue weighted by molar-refractivity contribution is 5.84. The Morgan fingerprint density at radius 3 is 2.33 bits per heavy atom. The van der Waals surface area contributed by atoms with E-state index in [2.05, 4.69) is 64.1 Å². The van der Waals surface area contributed by atoms with Gasteiger partial charge in [-0.05, 0) is 143 Å². The summed E-state index contributed by atoms with van der Waals surface area (Å²) in [5.74, 6) is 4.33. The van der Waals surface area contributed by atoms with E-state index in [1.54, 1.807) is 36.4 Å². The van der Waals surface area contributed by atoms with E-state index in [9.17, 15) is 20.4 Å². The van der Waals surface area contributed by atoms with Crippen LogP contribution in [0.5, 0.6) is 17.2 Å². The van der Waals surface area contributed by atoms with E-state index in [-0.39, 0.29) is 46.2 Å². The van der Waals surface area contributed by atoms with Crippen molar-refractivity contribution < 1.29 is 29.9 Å². The number of hydrogen-bond acceptors (Lipinski definition) is 6. The molecule has 0 saturated heterocycles. The number of aromatic hydroxyl groups is 2. The van der Waals surface area contributed by atoms with Crippen LogP contribution in [0.15, 0.2) is 137 Å². The zero-order chi connectivity index (χ0) is 36.3. The average Bonchev–Trinajstić information content (AvgIpc) is 3.11. The van der Waals surface area contributed by atoms with Crippen LogP contribution in [0.2, 0.25) is 0 Å². The van der Waals surface area contributed by atoms with Gasteiger partial charge in [0.15, 0.2) is 0 Å². The third kappa shape index (κ3) is 6.06. The first-order chi connectivity index (χ1) is 25.0. The van der Waals surface area contributed by atoms with E-state index in [1.165, 1.54) is 5.56 Å². The van der Waals surface area contributed by atoms with Gasteiger partial charge in [0.05, 0.1) is 0 Å². The second-order valence-corrected chi connectivity index (χ2v) is 15.2. The summed E-state index contributed by atoms with van der Waals surface area (Å²) in [6.45, 7) is 8.62. The van der Waals surface area contributed by atoms with Crippen LogP contribution in [0.3, 0.4) is 0 Å². The van der Waals surface area contributed by atoms with Crippen molar-refractivity contribution >= 4 is 12.2 Å². The van der Waals surface area contributed by atoms with Crippen LogP contribution in [-0.4, -0.2) is 20.4 Å². The Balaban J connectivity index is 1.08. The van der Waals surface area contributed by atoms with E-state index >= 15 is 0 Å². The van der Waals surface area contributed by atoms with Crippen LogP contribution in [-0.2, 0) is 17.6 Å². The maximum absolute atomic E-state index is 11.1. The number of fused-ring (bicyclic) bond motifs is 3. The number of rotatable bonds is 6. The topological polar surface area (TPSA) is 99.4 Å². The number of aliphatic hydroxyl groups is 2. The number of phenols is 2. The number of hydrogen-bond donors (Lipinski definition) is 4. The second-order valence-electron chi connectivity index (χ2n) is 15.2. The summed E-state index contributed by atoms with van der Waals surface area (Å²) in [6.07, 6.45) is 18.8. The smallest absolute Gasteiger partial charge is 0.127 e. The van der Waals surface area contributed by atoms with Gasteiger partial charge < -0.3 is 29.9 Å². The molecule has 6 heteroatoms. The quantitative estimate of drug-likeness (QED) is 0.205. The van der Waals surface area contributed by atoms with Crippen molar-refractivity contribution in [2.24, 2.45) is 23.2 Å². The molecular weight excluding hydrogens is 649 g/mol. The van der Waals surface area contributed by atoms with Gasteiger partial charge >= 0.3 is 0 Å². The van der Waals surface area contributed by atoms with Gasteiger partial charge in [0, 0.05) is 28.4 Å². The monoisotopic (exact) mass is 692 g/mol. The lowest BCUT2D eigenvalue weighted by molar-refractivity contribution is 0.266. The summed E-state index contributed by atoms with van der Waals surface area (Å²) in [6, 6.07) is 16.9. The third-order valence-electron chi connectivity index (χ3n) is 11.2. The molecule has 8 rings (SSSR count). The summed E-state index contributed by atoms with van der Waals surface area (Å²) in [5, 5.41) is 42.6. The molecule has 0 heterocycles. The Hall–Kier alpha value is -5.62. The molecule has 4 N–H and O–H groups in total. The molecule has 3 aromatic carbocycles. The predicted molar refractivity (Wildman–Crippen MR) is 205 cm³/mol. The van der Waals surface area contributed by atoms with Gasteiger partial charge in [-0.1, -0.05) is 58.0 Å². The van der Waals surface area contributed by atoms with Gasteiger partial charge in [-0.2, -0.15) is 0 Å². The van der Waals surface area contributed by atoms with E-state index in [1.807, 2.05) is 30.4 Å². The third-order valence-corrected chi connectivity index (χ3v) is 11.2. The molecule has 0 saturated carbocycles. The van der Waals surface area contributed by atoms with Crippen molar-refractivity contribution in [2.45, 2.75) is 53.4 Å². The molecule has 0 fully saturated rings. The molecule has 0 aromatic heterocycles. The first-order valence-electron chi connectivity index (χ1n) is 18.2. The van der Waals surface area contributed by atoms with Crippen molar-refractivity contribution in [2.75, 3.05) is 0 Å². The van der Waals surface area contributed by atoms with Gasteiger partial charge in [-0.15, -0.1) is 0 Å². The predicted octanol–water partition coefficient (Wildman–Crippen LogP) is 10.9. The Morgan fingerprint density at radius 1 is 0.750 bits per heavy atom. The number of allylic oxidation sites excluding steroid dienone is 11. The highest BCUT2D eigenvalue weighted by Crippen LogP contribution is 2.50. The number of phenolic OH excluding ortho intramolecular Hbond substituents is 2. The minimum absolute atomic E-state index is 0.122. The minimum atomic E-state index is -0.301. The minimum Gasteiger partial charge on any atom is -0.508 e. The molecule has 5 aliphatic rings. The van der Waals surface area contributed by atoms with Crippen LogP contribution in [0.4, 0.5) is 0 Å². The van der Waals surface area contributed by atoms with Crippen LogP contribution < -0.4 is 4.74 Å². The lowest BCUT2D eigenvalue weighted by Crippen LogP contribution is -2.26. The Kier molecular flexibility index (Phi) is 8.29. The van der Waals surface area contributed by atoms with Crippen LogP contribution in [0.25, 0.3) is 23.3 Å². The molecular formula is C46H44O6. The van der Waals surface area contributed by atoms with Crippen molar-refractivity contribution in [3.63, 3.8) is 0 Å². The lowest BCUT2D eigenvalue weighted by atomic mass is 9.67. The fraction of sp³-hybridized carbons (Fsp3) is 0.261. The molecule has 0 bridgehead atoms. The highest BCUT2D eigenvalue weighted by Gasteiger charge is 2.38. The molecule has 264 valence electrons. The van der Waals surface area contributed by atoms with Crippen molar-refractivity contribution in [3.05, 3.63) is 159 Å². The van der Waals surface area contributed by atoms with Crippen molar-refractivity contribution in [1.82, 2.24) is 0 Å². The van der Waals surface area contributed by atoms with E-state index in [0.717, 1.165) is 81.3 Å². The highest BCUT2D eigenvalue weighted by atomic mass is 16.5. The molecule has 5 aliphatic carbocycles. The average molecular weight is 693 g/mol. The summed E-state index contributed by atoms with van der Waals surface area (Å²) in [5.41, 5.74) is 8.12. The standard InChI is InChI=1S/C46H44O6/c1-26-8-11-34(48)23-37(26)45-39-24-36(14-16-46(39,4)17-15-41(45)50)52-42-22-32-21-35(12-9-29(32)18-27(42)2)51-43-25-38-30(19-28(43)3)10-13-40(49)44(38)31-6-5-7-33(47)20-31/h5-7,9-15,17,20-28,47-50H,8,16,18-19H2,1-4H3. The largest absolute Gasteiger partial charge is 0.508 e. The van der Waals surface area contributed by atoms with Crippen molar-refractivity contribution in [3.8, 4) is 28.4 Å². The maximum Gasteiger partial charge on any atom is 0.127 e. The molecule has 52 heavy (non-hydrogen) atoms. The molecule has 4 unspecified atom stereocenters. The van der Waals surface area contributed by atoms with Gasteiger partial charge in [0.1, 0.15) is 46.0 Å². The number of ether oxygens (including phenoxy) is 2. The molecule has 0 spiro atoms. The zero-order valence-corrected chi connectivity index (χ0v) is 30.0. The fourth-order valence-corrected chi connectivity index (χ4v) is 8.16. The SMILES string of the molecule is CC1Cc2ccc(OC3=Cc4c(ccc(O)c4-c4cccc(O)c4)CC3C)cc2C=C1OC1=CCC2(C)C=CC(O)=C(C3=CC(O)=CCC3C)C2=C1. The summed E-state index contributed by atoms with van der Waals surface area (Å²) in [7, 11) is 0. The molecule has 0 radical (unpaired) electrons. The van der Waals surface area contributed by atoms with E-state index in [0.29, 0.717) is 12.0 Å². The first kappa shape index (κ1) is 33.5. The Morgan fingerprint density at radius 2 is 1.52 bits per heavy atom. The summed E-state index contributed by atoms with van der Waals surface area (Å²) >= 11 is 0. The van der Waals surface area contributed by atoms with Gasteiger partial charge in [0.25, 0.3) is 0 Å². The molecule has 0 amide bonds. The molecule has 0 aliphatic heterocycles. The first-order valence-corrected chi connectivity index (χ1v) is 18.2. The maximum atomic E-state index is 11.1. The van der Waals surface area contributed by atoms with Gasteiger partial charge in [-0.25, -0.2) is 0 Å². The summed E-state index contributed by atoms with van der Waals surface area (Å²) < 4.78 is 13.3. The van der Waals surface area contributed by atoms with Crippen LogP contribution >= 0.6 is 0 Å². The fourth-order valence-electron chi connectivity index (χ4n) is 8.16. The van der Waals surface area contributed by atoms with Crippen molar-refractivity contribution in [1.29, 1.82) is 0 Å². The molecule has 6 nitrogen and oxygen atoms in total. The van der Waals surface area contributed by atoms with E-state index < -0.39 is 0 Å². The van der Waals surface area contributed by atoms with Gasteiger partial charge in [-0.3, -0.25) is 0 Å². The lowest BCUT2D eigenvalue weighted by Gasteiger charge is -2.38. The Bertz CT molecular complexity index is 2260.